The van der Waals surface area contributed by atoms with E-state index in [9.17, 15) is 4.57 Å². The van der Waals surface area contributed by atoms with Crippen LogP contribution in [-0.2, 0) is 13.6 Å². The van der Waals surface area contributed by atoms with Crippen molar-refractivity contribution in [1.82, 2.24) is 0 Å². The summed E-state index contributed by atoms with van der Waals surface area (Å²) >= 11 is 0. The molecule has 0 radical (unpaired) electrons. The molecule has 0 saturated heterocycles. The molecule has 1 rings (SSSR count). The molecule has 0 aliphatic rings. The smallest absolute Gasteiger partial charge is 0.316 e. The third kappa shape index (κ3) is 5.55. The summed E-state index contributed by atoms with van der Waals surface area (Å²) in [6.07, 6.45) is -0.291. The van der Waals surface area contributed by atoms with Crippen LogP contribution in [0.15, 0.2) is 30.3 Å². The second-order valence-corrected chi connectivity index (χ2v) is 7.87. The largest absolute Gasteiger partial charge is 0.338 e. The minimum absolute atomic E-state index is 0.219. The van der Waals surface area contributed by atoms with Gasteiger partial charge in [-0.3, -0.25) is 4.57 Å². The summed E-state index contributed by atoms with van der Waals surface area (Å²) in [6, 6.07) is 10.6. The second kappa shape index (κ2) is 8.45. The molecule has 0 aromatic heterocycles. The van der Waals surface area contributed by atoms with Crippen LogP contribution in [0.3, 0.4) is 0 Å². The molecule has 5 nitrogen and oxygen atoms in total. The number of nitrogens with zero attached hydrogens (tertiary/aromatic N) is 1. The van der Waals surface area contributed by atoms with Crippen molar-refractivity contribution in [1.29, 1.82) is 5.26 Å². The monoisotopic (exact) mass is 324 g/mol. The van der Waals surface area contributed by atoms with Crippen molar-refractivity contribution in [2.75, 3.05) is 0 Å². The SMILES string of the molecule is CC(C)OP(=O)(OC(C)C)[C@@H](CC(N)C#N)c1ccccc1. The van der Waals surface area contributed by atoms with E-state index < -0.39 is 19.3 Å². The van der Waals surface area contributed by atoms with Crippen LogP contribution in [0.1, 0.15) is 45.3 Å². The highest BCUT2D eigenvalue weighted by atomic mass is 31.2. The van der Waals surface area contributed by atoms with E-state index in [1.807, 2.05) is 64.1 Å². The van der Waals surface area contributed by atoms with Gasteiger partial charge in [-0.15, -0.1) is 0 Å². The maximum absolute atomic E-state index is 13.4. The number of rotatable bonds is 8. The Morgan fingerprint density at radius 1 is 1.14 bits per heavy atom. The van der Waals surface area contributed by atoms with Gasteiger partial charge in [-0.25, -0.2) is 0 Å². The van der Waals surface area contributed by atoms with Crippen molar-refractivity contribution in [2.24, 2.45) is 5.73 Å². The normalized spacial score (nSPS) is 14.8. The molecular formula is C16H25N2O3P. The highest BCUT2D eigenvalue weighted by Crippen LogP contribution is 2.64. The molecule has 0 saturated carbocycles. The lowest BCUT2D eigenvalue weighted by atomic mass is 10.1. The molecule has 122 valence electrons. The minimum Gasteiger partial charge on any atom is -0.316 e. The second-order valence-electron chi connectivity index (χ2n) is 5.75. The lowest BCUT2D eigenvalue weighted by Gasteiger charge is -2.30. The number of hydrogen-bond donors (Lipinski definition) is 1. The summed E-state index contributed by atoms with van der Waals surface area (Å²) in [6.45, 7) is 7.23. The van der Waals surface area contributed by atoms with Crippen molar-refractivity contribution >= 4 is 7.60 Å². The molecule has 0 bridgehead atoms. The molecule has 0 amide bonds. The molecule has 1 unspecified atom stereocenters. The Bertz CT molecular complexity index is 526. The molecule has 2 atom stereocenters. The molecule has 1 aromatic rings. The van der Waals surface area contributed by atoms with Crippen LogP contribution in [0.25, 0.3) is 0 Å². The lowest BCUT2D eigenvalue weighted by Crippen LogP contribution is -2.23. The van der Waals surface area contributed by atoms with Gasteiger partial charge in [0.25, 0.3) is 0 Å². The first-order chi connectivity index (χ1) is 10.3. The molecule has 22 heavy (non-hydrogen) atoms. The van der Waals surface area contributed by atoms with Crippen LogP contribution in [0.5, 0.6) is 0 Å². The maximum atomic E-state index is 13.4. The van der Waals surface area contributed by atoms with Crippen molar-refractivity contribution in [3.05, 3.63) is 35.9 Å². The first-order valence-electron chi connectivity index (χ1n) is 7.45. The van der Waals surface area contributed by atoms with Crippen molar-refractivity contribution in [3.8, 4) is 6.07 Å². The summed E-state index contributed by atoms with van der Waals surface area (Å²) in [5.74, 6) is 0. The Morgan fingerprint density at radius 3 is 2.05 bits per heavy atom. The van der Waals surface area contributed by atoms with Crippen molar-refractivity contribution in [3.63, 3.8) is 0 Å². The molecule has 0 heterocycles. The van der Waals surface area contributed by atoms with Crippen LogP contribution in [0.4, 0.5) is 0 Å². The first-order valence-corrected chi connectivity index (χ1v) is 9.06. The van der Waals surface area contributed by atoms with Crippen LogP contribution < -0.4 is 5.73 Å². The summed E-state index contributed by atoms with van der Waals surface area (Å²) in [4.78, 5) is 0. The average Bonchev–Trinajstić information content (AvgIpc) is 2.43. The van der Waals surface area contributed by atoms with Gasteiger partial charge < -0.3 is 14.8 Å². The molecule has 0 fully saturated rings. The number of hydrogen-bond acceptors (Lipinski definition) is 5. The maximum Gasteiger partial charge on any atom is 0.338 e. The van der Waals surface area contributed by atoms with E-state index >= 15 is 0 Å². The van der Waals surface area contributed by atoms with Crippen molar-refractivity contribution in [2.45, 2.75) is 58.0 Å². The van der Waals surface area contributed by atoms with Crippen molar-refractivity contribution < 1.29 is 13.6 Å². The number of nitriles is 1. The number of nitrogens with two attached hydrogens (primary N) is 1. The molecular weight excluding hydrogens is 299 g/mol. The van der Waals surface area contributed by atoms with Crippen LogP contribution >= 0.6 is 7.60 Å². The molecule has 0 spiro atoms. The van der Waals surface area contributed by atoms with Gasteiger partial charge in [-0.05, 0) is 39.7 Å². The Labute approximate surface area is 133 Å². The zero-order chi connectivity index (χ0) is 16.8. The summed E-state index contributed by atoms with van der Waals surface area (Å²) in [5.41, 5.74) is 6.02. The summed E-state index contributed by atoms with van der Waals surface area (Å²) in [7, 11) is -3.46. The van der Waals surface area contributed by atoms with Crippen LogP contribution in [0, 0.1) is 11.3 Å². The van der Waals surface area contributed by atoms with E-state index in [2.05, 4.69) is 0 Å². The molecule has 0 aliphatic carbocycles. The highest BCUT2D eigenvalue weighted by molar-refractivity contribution is 7.54. The van der Waals surface area contributed by atoms with E-state index in [0.29, 0.717) is 0 Å². The standard InChI is InChI=1S/C16H25N2O3P/c1-12(2)20-22(19,21-13(3)4)16(10-15(18)11-17)14-8-6-5-7-9-14/h5-9,12-13,15-16H,10,18H2,1-4H3/t15?,16-/m0/s1. The van der Waals surface area contributed by atoms with Gasteiger partial charge in [-0.2, -0.15) is 5.26 Å². The Hall–Kier alpha value is -1.18. The van der Waals surface area contributed by atoms with E-state index in [1.165, 1.54) is 0 Å². The Kier molecular flexibility index (Phi) is 7.25. The zero-order valence-electron chi connectivity index (χ0n) is 13.6. The fourth-order valence-electron chi connectivity index (χ4n) is 2.18. The van der Waals surface area contributed by atoms with Gasteiger partial charge in [0.05, 0.1) is 30.0 Å². The molecule has 6 heteroatoms. The topological polar surface area (TPSA) is 85.3 Å². The van der Waals surface area contributed by atoms with Gasteiger partial charge in [-0.1, -0.05) is 30.3 Å². The highest BCUT2D eigenvalue weighted by Gasteiger charge is 2.40. The van der Waals surface area contributed by atoms with E-state index in [-0.39, 0.29) is 18.6 Å². The minimum atomic E-state index is -3.46. The van der Waals surface area contributed by atoms with Gasteiger partial charge in [0.1, 0.15) is 0 Å². The fourth-order valence-corrected chi connectivity index (χ4v) is 4.72. The van der Waals surface area contributed by atoms with Gasteiger partial charge in [0.2, 0.25) is 0 Å². The molecule has 0 aliphatic heterocycles. The fraction of sp³-hybridized carbons (Fsp3) is 0.562. The Balaban J connectivity index is 3.24. The van der Waals surface area contributed by atoms with E-state index in [0.717, 1.165) is 5.56 Å². The van der Waals surface area contributed by atoms with Gasteiger partial charge in [0.15, 0.2) is 0 Å². The van der Waals surface area contributed by atoms with Gasteiger partial charge >= 0.3 is 7.60 Å². The summed E-state index contributed by atoms with van der Waals surface area (Å²) < 4.78 is 24.7. The summed E-state index contributed by atoms with van der Waals surface area (Å²) in [5, 5.41) is 9.01. The third-order valence-corrected chi connectivity index (χ3v) is 5.63. The lowest BCUT2D eigenvalue weighted by molar-refractivity contribution is 0.135. The molecule has 2 N–H and O–H groups in total. The van der Waals surface area contributed by atoms with E-state index in [4.69, 9.17) is 20.0 Å². The average molecular weight is 324 g/mol. The first kappa shape index (κ1) is 18.9. The Morgan fingerprint density at radius 2 is 1.64 bits per heavy atom. The number of benzene rings is 1. The third-order valence-electron chi connectivity index (χ3n) is 2.92. The predicted octanol–water partition coefficient (Wildman–Crippen LogP) is 4.01. The van der Waals surface area contributed by atoms with Crippen LogP contribution in [0.2, 0.25) is 0 Å². The van der Waals surface area contributed by atoms with E-state index in [1.54, 1.807) is 0 Å². The van der Waals surface area contributed by atoms with Crippen LogP contribution in [-0.4, -0.2) is 18.2 Å². The molecule has 1 aromatic carbocycles. The zero-order valence-corrected chi connectivity index (χ0v) is 14.5. The predicted molar refractivity (Wildman–Crippen MR) is 87.4 cm³/mol. The van der Waals surface area contributed by atoms with Gasteiger partial charge in [0, 0.05) is 0 Å². The quantitative estimate of drug-likeness (QED) is 0.730.